The Morgan fingerprint density at radius 1 is 0.947 bits per heavy atom. The molecule has 3 aromatic carbocycles. The van der Waals surface area contributed by atoms with Crippen LogP contribution in [-0.4, -0.2) is 58.0 Å². The van der Waals surface area contributed by atoms with Gasteiger partial charge in [-0.2, -0.15) is 4.31 Å². The number of rotatable bonds is 8. The molecule has 0 saturated carbocycles. The van der Waals surface area contributed by atoms with Gasteiger partial charge in [0.1, 0.15) is 11.8 Å². The van der Waals surface area contributed by atoms with E-state index in [-0.39, 0.29) is 28.4 Å². The molecule has 12 heteroatoms. The molecule has 1 saturated heterocycles. The number of nitrogens with one attached hydrogen (secondary N) is 2. The molecule has 10 nitrogen and oxygen atoms in total. The summed E-state index contributed by atoms with van der Waals surface area (Å²) in [4.78, 5) is 13.2. The molecule has 4 rings (SSSR count). The summed E-state index contributed by atoms with van der Waals surface area (Å²) in [6.45, 7) is 3.22. The minimum absolute atomic E-state index is 0.0170. The first kappa shape index (κ1) is 27.6. The van der Waals surface area contributed by atoms with Gasteiger partial charge in [-0.3, -0.25) is 9.52 Å². The van der Waals surface area contributed by atoms with E-state index in [1.54, 1.807) is 49.4 Å². The molecule has 1 aliphatic heterocycles. The first-order valence-corrected chi connectivity index (χ1v) is 14.7. The first-order chi connectivity index (χ1) is 17.9. The van der Waals surface area contributed by atoms with Crippen LogP contribution in [0.4, 0.5) is 11.4 Å². The SMILES string of the molecule is COc1ccc(NS(=O)(=O)c2cc(NC(=O)[C@H]3C[C@@H](O)CN3S(=O)(=O)c3ccc(C)cc3)ccc2C)cc1. The number of anilines is 2. The highest BCUT2D eigenvalue weighted by molar-refractivity contribution is 7.92. The third kappa shape index (κ3) is 5.83. The number of hydrogen-bond donors (Lipinski definition) is 3. The van der Waals surface area contributed by atoms with Gasteiger partial charge in [-0.15, -0.1) is 0 Å². The largest absolute Gasteiger partial charge is 0.497 e. The third-order valence-corrected chi connectivity index (χ3v) is 9.66. The van der Waals surface area contributed by atoms with E-state index >= 15 is 0 Å². The number of β-amino-alcohol motifs (C(OH)–C–C–N with tert-alkyl or cyclic N) is 1. The highest BCUT2D eigenvalue weighted by Gasteiger charge is 2.43. The van der Waals surface area contributed by atoms with Gasteiger partial charge in [0.15, 0.2) is 0 Å². The van der Waals surface area contributed by atoms with Crippen molar-refractivity contribution < 1.29 is 31.5 Å². The highest BCUT2D eigenvalue weighted by atomic mass is 32.2. The molecule has 1 heterocycles. The Kier molecular flexibility index (Phi) is 7.79. The van der Waals surface area contributed by atoms with Crippen molar-refractivity contribution in [3.8, 4) is 5.75 Å². The zero-order valence-electron chi connectivity index (χ0n) is 21.1. The van der Waals surface area contributed by atoms with Crippen molar-refractivity contribution in [2.24, 2.45) is 0 Å². The van der Waals surface area contributed by atoms with E-state index in [0.29, 0.717) is 17.0 Å². The second kappa shape index (κ2) is 10.7. The van der Waals surface area contributed by atoms with Gasteiger partial charge in [0, 0.05) is 24.3 Å². The van der Waals surface area contributed by atoms with Crippen LogP contribution in [0.5, 0.6) is 5.75 Å². The fraction of sp³-hybridized carbons (Fsp3) is 0.269. The van der Waals surface area contributed by atoms with Crippen LogP contribution < -0.4 is 14.8 Å². The fourth-order valence-corrected chi connectivity index (χ4v) is 7.16. The minimum Gasteiger partial charge on any atom is -0.497 e. The Hall–Kier alpha value is -3.45. The van der Waals surface area contributed by atoms with Crippen LogP contribution in [0.15, 0.2) is 76.5 Å². The molecule has 3 aromatic rings. The van der Waals surface area contributed by atoms with Crippen molar-refractivity contribution in [1.82, 2.24) is 4.31 Å². The molecule has 0 aliphatic carbocycles. The fourth-order valence-electron chi connectivity index (χ4n) is 4.20. The van der Waals surface area contributed by atoms with Crippen LogP contribution >= 0.6 is 0 Å². The van der Waals surface area contributed by atoms with Crippen molar-refractivity contribution in [3.05, 3.63) is 77.9 Å². The lowest BCUT2D eigenvalue weighted by molar-refractivity contribution is -0.119. The molecule has 0 radical (unpaired) electrons. The molecule has 1 fully saturated rings. The highest BCUT2D eigenvalue weighted by Crippen LogP contribution is 2.29. The molecule has 1 aliphatic rings. The van der Waals surface area contributed by atoms with Crippen LogP contribution in [0, 0.1) is 13.8 Å². The Morgan fingerprint density at radius 3 is 2.21 bits per heavy atom. The van der Waals surface area contributed by atoms with Gasteiger partial charge >= 0.3 is 0 Å². The number of amides is 1. The predicted octanol–water partition coefficient (Wildman–Crippen LogP) is 2.88. The van der Waals surface area contributed by atoms with Crippen LogP contribution in [0.3, 0.4) is 0 Å². The number of aliphatic hydroxyl groups is 1. The Bertz CT molecular complexity index is 1540. The third-order valence-electron chi connectivity index (χ3n) is 6.25. The number of methoxy groups -OCH3 is 1. The summed E-state index contributed by atoms with van der Waals surface area (Å²) < 4.78 is 61.3. The standard InChI is InChI=1S/C26H29N3O7S2/c1-17-4-12-23(13-5-17)38(34,35)29-16-21(30)15-24(29)26(31)27-20-7-6-18(2)25(14-20)37(32,33)28-19-8-10-22(36-3)11-9-19/h4-14,21,24,28,30H,15-16H2,1-3H3,(H,27,31)/t21-,24-/m1/s1. The maximum Gasteiger partial charge on any atom is 0.262 e. The summed E-state index contributed by atoms with van der Waals surface area (Å²) in [5.74, 6) is -0.100. The maximum absolute atomic E-state index is 13.2. The lowest BCUT2D eigenvalue weighted by Gasteiger charge is -2.23. The quantitative estimate of drug-likeness (QED) is 0.385. The normalized spacial score (nSPS) is 18.2. The lowest BCUT2D eigenvalue weighted by Crippen LogP contribution is -2.43. The van der Waals surface area contributed by atoms with Crippen LogP contribution in [0.1, 0.15) is 17.5 Å². The van der Waals surface area contributed by atoms with Crippen LogP contribution in [0.25, 0.3) is 0 Å². The monoisotopic (exact) mass is 559 g/mol. The van der Waals surface area contributed by atoms with Gasteiger partial charge in [-0.1, -0.05) is 23.8 Å². The second-order valence-corrected chi connectivity index (χ2v) is 12.6. The molecule has 38 heavy (non-hydrogen) atoms. The number of carbonyl (C=O) groups is 1. The van der Waals surface area contributed by atoms with Gasteiger partial charge in [0.25, 0.3) is 10.0 Å². The van der Waals surface area contributed by atoms with Gasteiger partial charge in [0.2, 0.25) is 15.9 Å². The average Bonchev–Trinajstić information content (AvgIpc) is 3.28. The second-order valence-electron chi connectivity index (χ2n) is 9.10. The van der Waals surface area contributed by atoms with Crippen molar-refractivity contribution in [3.63, 3.8) is 0 Å². The number of ether oxygens (including phenoxy) is 1. The van der Waals surface area contributed by atoms with E-state index in [1.807, 2.05) is 6.92 Å². The zero-order valence-corrected chi connectivity index (χ0v) is 22.7. The van der Waals surface area contributed by atoms with E-state index in [1.165, 1.54) is 31.4 Å². The maximum atomic E-state index is 13.2. The van der Waals surface area contributed by atoms with E-state index in [9.17, 15) is 26.7 Å². The smallest absolute Gasteiger partial charge is 0.262 e. The summed E-state index contributed by atoms with van der Waals surface area (Å²) in [5, 5.41) is 12.8. The van der Waals surface area contributed by atoms with Gasteiger partial charge in [-0.25, -0.2) is 16.8 Å². The van der Waals surface area contributed by atoms with Gasteiger partial charge < -0.3 is 15.2 Å². The summed E-state index contributed by atoms with van der Waals surface area (Å²) in [5.41, 5.74) is 1.83. The molecular formula is C26H29N3O7S2. The van der Waals surface area contributed by atoms with Gasteiger partial charge in [-0.05, 0) is 67.9 Å². The molecule has 3 N–H and O–H groups in total. The van der Waals surface area contributed by atoms with E-state index < -0.39 is 38.1 Å². The van der Waals surface area contributed by atoms with Crippen molar-refractivity contribution >= 4 is 37.3 Å². The summed E-state index contributed by atoms with van der Waals surface area (Å²) >= 11 is 0. The minimum atomic E-state index is -4.05. The lowest BCUT2D eigenvalue weighted by atomic mass is 10.2. The number of aliphatic hydroxyl groups excluding tert-OH is 1. The molecule has 0 spiro atoms. The Labute approximate surface area is 222 Å². The van der Waals surface area contributed by atoms with E-state index in [2.05, 4.69) is 10.0 Å². The predicted molar refractivity (Wildman–Crippen MR) is 143 cm³/mol. The van der Waals surface area contributed by atoms with Crippen LogP contribution in [0.2, 0.25) is 0 Å². The Balaban J connectivity index is 1.56. The molecule has 202 valence electrons. The van der Waals surface area contributed by atoms with Crippen molar-refractivity contribution in [1.29, 1.82) is 0 Å². The van der Waals surface area contributed by atoms with Crippen molar-refractivity contribution in [2.45, 2.75) is 42.2 Å². The molecule has 0 unspecified atom stereocenters. The van der Waals surface area contributed by atoms with Crippen LogP contribution in [-0.2, 0) is 24.8 Å². The summed E-state index contributed by atoms with van der Waals surface area (Å²) in [7, 11) is -6.56. The topological polar surface area (TPSA) is 142 Å². The molecule has 0 bridgehead atoms. The first-order valence-electron chi connectivity index (χ1n) is 11.8. The molecule has 1 amide bonds. The summed E-state index contributed by atoms with van der Waals surface area (Å²) in [6, 6.07) is 15.8. The van der Waals surface area contributed by atoms with Gasteiger partial charge in [0.05, 0.1) is 23.0 Å². The molecular weight excluding hydrogens is 530 g/mol. The summed E-state index contributed by atoms with van der Waals surface area (Å²) in [6.07, 6.45) is -1.11. The van der Waals surface area contributed by atoms with E-state index in [0.717, 1.165) is 9.87 Å². The molecule has 0 aromatic heterocycles. The zero-order chi connectivity index (χ0) is 27.7. The number of carbonyl (C=O) groups excluding carboxylic acids is 1. The van der Waals surface area contributed by atoms with E-state index in [4.69, 9.17) is 4.74 Å². The number of sulfonamides is 2. The average molecular weight is 560 g/mol. The Morgan fingerprint density at radius 2 is 1.58 bits per heavy atom. The van der Waals surface area contributed by atoms with Crippen molar-refractivity contribution in [2.75, 3.05) is 23.7 Å². The number of hydrogen-bond acceptors (Lipinski definition) is 7. The number of benzene rings is 3. The number of nitrogens with zero attached hydrogens (tertiary/aromatic N) is 1. The molecule has 2 atom stereocenters. The number of aryl methyl sites for hydroxylation is 2.